The second-order valence-corrected chi connectivity index (χ2v) is 4.38. The van der Waals surface area contributed by atoms with Crippen LogP contribution in [0.25, 0.3) is 0 Å². The molecule has 0 saturated heterocycles. The average Bonchev–Trinajstić information content (AvgIpc) is 2.16. The monoisotopic (exact) mass is 194 g/mol. The summed E-state index contributed by atoms with van der Waals surface area (Å²) < 4.78 is 0. The molecule has 13 heavy (non-hydrogen) atoms. The maximum atomic E-state index is 5.67. The SMILES string of the molecule is CC1CSc2c(CN)cccc2N1. The first-order chi connectivity index (χ1) is 6.31. The van der Waals surface area contributed by atoms with Crippen molar-refractivity contribution in [2.45, 2.75) is 24.4 Å². The zero-order valence-corrected chi connectivity index (χ0v) is 8.53. The van der Waals surface area contributed by atoms with Crippen LogP contribution >= 0.6 is 11.8 Å². The molecule has 1 heterocycles. The third-order valence-electron chi connectivity index (χ3n) is 2.20. The van der Waals surface area contributed by atoms with Crippen LogP contribution in [0.3, 0.4) is 0 Å². The molecule has 2 rings (SSSR count). The zero-order chi connectivity index (χ0) is 9.26. The summed E-state index contributed by atoms with van der Waals surface area (Å²) >= 11 is 1.91. The molecule has 1 aromatic carbocycles. The highest BCUT2D eigenvalue weighted by molar-refractivity contribution is 7.99. The van der Waals surface area contributed by atoms with Crippen molar-refractivity contribution in [1.29, 1.82) is 0 Å². The number of nitrogens with one attached hydrogen (secondary N) is 1. The fraction of sp³-hybridized carbons (Fsp3) is 0.400. The Bertz CT molecular complexity index is 312. The zero-order valence-electron chi connectivity index (χ0n) is 7.71. The van der Waals surface area contributed by atoms with Crippen molar-refractivity contribution in [3.05, 3.63) is 23.8 Å². The number of rotatable bonds is 1. The number of anilines is 1. The lowest BCUT2D eigenvalue weighted by molar-refractivity contribution is 0.885. The van der Waals surface area contributed by atoms with Crippen LogP contribution < -0.4 is 11.1 Å². The molecule has 0 saturated carbocycles. The minimum Gasteiger partial charge on any atom is -0.381 e. The Labute approximate surface area is 82.9 Å². The van der Waals surface area contributed by atoms with Gasteiger partial charge in [0.15, 0.2) is 0 Å². The minimum atomic E-state index is 0.561. The topological polar surface area (TPSA) is 38.0 Å². The van der Waals surface area contributed by atoms with Crippen LogP contribution in [0.5, 0.6) is 0 Å². The Morgan fingerprint density at radius 3 is 3.23 bits per heavy atom. The molecule has 0 aliphatic carbocycles. The van der Waals surface area contributed by atoms with E-state index in [0.29, 0.717) is 12.6 Å². The van der Waals surface area contributed by atoms with E-state index in [1.54, 1.807) is 0 Å². The van der Waals surface area contributed by atoms with Gasteiger partial charge in [0.25, 0.3) is 0 Å². The largest absolute Gasteiger partial charge is 0.381 e. The van der Waals surface area contributed by atoms with E-state index >= 15 is 0 Å². The van der Waals surface area contributed by atoms with E-state index in [9.17, 15) is 0 Å². The summed E-state index contributed by atoms with van der Waals surface area (Å²) in [6, 6.07) is 6.85. The van der Waals surface area contributed by atoms with Gasteiger partial charge in [-0.3, -0.25) is 0 Å². The van der Waals surface area contributed by atoms with Crippen LogP contribution in [0.4, 0.5) is 5.69 Å². The van der Waals surface area contributed by atoms with Crippen LogP contribution in [0, 0.1) is 0 Å². The summed E-state index contributed by atoms with van der Waals surface area (Å²) in [6.45, 7) is 2.83. The molecule has 0 amide bonds. The highest BCUT2D eigenvalue weighted by atomic mass is 32.2. The van der Waals surface area contributed by atoms with E-state index < -0.39 is 0 Å². The van der Waals surface area contributed by atoms with Crippen molar-refractivity contribution in [1.82, 2.24) is 0 Å². The normalized spacial score (nSPS) is 20.6. The molecule has 70 valence electrons. The fourth-order valence-electron chi connectivity index (χ4n) is 1.55. The van der Waals surface area contributed by atoms with E-state index in [1.165, 1.54) is 16.1 Å². The molecule has 1 aliphatic heterocycles. The lowest BCUT2D eigenvalue weighted by Gasteiger charge is -2.25. The van der Waals surface area contributed by atoms with Gasteiger partial charge in [-0.25, -0.2) is 0 Å². The number of hydrogen-bond acceptors (Lipinski definition) is 3. The molecule has 1 aromatic rings. The van der Waals surface area contributed by atoms with Gasteiger partial charge < -0.3 is 11.1 Å². The average molecular weight is 194 g/mol. The number of thioether (sulfide) groups is 1. The second kappa shape index (κ2) is 3.60. The first-order valence-corrected chi connectivity index (χ1v) is 5.51. The van der Waals surface area contributed by atoms with E-state index in [2.05, 4.69) is 30.4 Å². The van der Waals surface area contributed by atoms with Crippen molar-refractivity contribution in [3.63, 3.8) is 0 Å². The third kappa shape index (κ3) is 1.67. The van der Waals surface area contributed by atoms with Crippen LogP contribution in [0.1, 0.15) is 12.5 Å². The van der Waals surface area contributed by atoms with Crippen molar-refractivity contribution >= 4 is 17.4 Å². The standard InChI is InChI=1S/C10H14N2S/c1-7-6-13-10-8(5-11)3-2-4-9(10)12-7/h2-4,7,12H,5-6,11H2,1H3. The molecular weight excluding hydrogens is 180 g/mol. The van der Waals surface area contributed by atoms with Crippen molar-refractivity contribution in [3.8, 4) is 0 Å². The van der Waals surface area contributed by atoms with Gasteiger partial charge in [0.05, 0.1) is 0 Å². The maximum Gasteiger partial charge on any atom is 0.0484 e. The van der Waals surface area contributed by atoms with Crippen LogP contribution in [0.15, 0.2) is 23.1 Å². The van der Waals surface area contributed by atoms with Gasteiger partial charge in [0, 0.05) is 28.9 Å². The summed E-state index contributed by atoms with van der Waals surface area (Å²) in [4.78, 5) is 1.34. The van der Waals surface area contributed by atoms with Crippen molar-refractivity contribution in [2.24, 2.45) is 5.73 Å². The molecule has 0 aromatic heterocycles. The van der Waals surface area contributed by atoms with Gasteiger partial charge in [-0.15, -0.1) is 11.8 Å². The quantitative estimate of drug-likeness (QED) is 0.718. The molecular formula is C10H14N2S. The predicted molar refractivity (Wildman–Crippen MR) is 58.1 cm³/mol. The molecule has 0 bridgehead atoms. The lowest BCUT2D eigenvalue weighted by atomic mass is 10.2. The van der Waals surface area contributed by atoms with E-state index in [4.69, 9.17) is 5.73 Å². The van der Waals surface area contributed by atoms with Crippen molar-refractivity contribution in [2.75, 3.05) is 11.1 Å². The summed E-state index contributed by atoms with van der Waals surface area (Å²) in [5.41, 5.74) is 8.16. The first-order valence-electron chi connectivity index (χ1n) is 4.52. The lowest BCUT2D eigenvalue weighted by Crippen LogP contribution is -2.22. The third-order valence-corrected chi connectivity index (χ3v) is 3.63. The van der Waals surface area contributed by atoms with Gasteiger partial charge in [0.2, 0.25) is 0 Å². The van der Waals surface area contributed by atoms with E-state index in [1.807, 2.05) is 11.8 Å². The Morgan fingerprint density at radius 2 is 2.46 bits per heavy atom. The molecule has 0 fully saturated rings. The molecule has 0 radical (unpaired) electrons. The van der Waals surface area contributed by atoms with E-state index in [0.717, 1.165) is 5.75 Å². The summed E-state index contributed by atoms with van der Waals surface area (Å²) in [5.74, 6) is 1.13. The van der Waals surface area contributed by atoms with Crippen LogP contribution in [0.2, 0.25) is 0 Å². The van der Waals surface area contributed by atoms with E-state index in [-0.39, 0.29) is 0 Å². The van der Waals surface area contributed by atoms with Gasteiger partial charge in [0.1, 0.15) is 0 Å². The fourth-order valence-corrected chi connectivity index (χ4v) is 2.66. The highest BCUT2D eigenvalue weighted by Crippen LogP contribution is 2.35. The number of benzene rings is 1. The Hall–Kier alpha value is -0.670. The molecule has 1 aliphatic rings. The minimum absolute atomic E-state index is 0.561. The first kappa shape index (κ1) is 8.91. The van der Waals surface area contributed by atoms with Crippen LogP contribution in [-0.4, -0.2) is 11.8 Å². The molecule has 3 N–H and O–H groups in total. The number of hydrogen-bond donors (Lipinski definition) is 2. The second-order valence-electron chi connectivity index (χ2n) is 3.35. The Morgan fingerprint density at radius 1 is 1.62 bits per heavy atom. The maximum absolute atomic E-state index is 5.67. The Kier molecular flexibility index (Phi) is 2.47. The summed E-state index contributed by atoms with van der Waals surface area (Å²) in [6.07, 6.45) is 0. The Balaban J connectivity index is 2.39. The molecule has 2 nitrogen and oxygen atoms in total. The predicted octanol–water partition coefficient (Wildman–Crippen LogP) is 2.05. The summed E-state index contributed by atoms with van der Waals surface area (Å²) in [5, 5.41) is 3.46. The highest BCUT2D eigenvalue weighted by Gasteiger charge is 2.16. The number of nitrogens with two attached hydrogens (primary N) is 1. The molecule has 1 atom stereocenters. The summed E-state index contributed by atoms with van der Waals surface area (Å²) in [7, 11) is 0. The van der Waals surface area contributed by atoms with Gasteiger partial charge in [-0.05, 0) is 18.6 Å². The van der Waals surface area contributed by atoms with Gasteiger partial charge in [-0.1, -0.05) is 12.1 Å². The van der Waals surface area contributed by atoms with Crippen LogP contribution in [-0.2, 0) is 6.54 Å². The van der Waals surface area contributed by atoms with Crippen molar-refractivity contribution < 1.29 is 0 Å². The molecule has 1 unspecified atom stereocenters. The van der Waals surface area contributed by atoms with Gasteiger partial charge in [-0.2, -0.15) is 0 Å². The smallest absolute Gasteiger partial charge is 0.0484 e. The molecule has 3 heteroatoms. The van der Waals surface area contributed by atoms with Gasteiger partial charge >= 0.3 is 0 Å². The molecule has 0 spiro atoms. The number of fused-ring (bicyclic) bond motifs is 1.